The highest BCUT2D eigenvalue weighted by Gasteiger charge is 2.33. The number of alkyl halides is 3. The maximum absolute atomic E-state index is 12.7. The van der Waals surface area contributed by atoms with Gasteiger partial charge in [0.25, 0.3) is 0 Å². The van der Waals surface area contributed by atoms with E-state index in [4.69, 9.17) is 4.98 Å². The van der Waals surface area contributed by atoms with Crippen molar-refractivity contribution in [1.82, 2.24) is 9.88 Å². The van der Waals surface area contributed by atoms with Crippen LogP contribution in [0, 0.1) is 0 Å². The second-order valence-corrected chi connectivity index (χ2v) is 7.68. The molecular formula is C21H18F3N3OS. The Kier molecular flexibility index (Phi) is 5.27. The number of hydrogen-bond acceptors (Lipinski definition) is 3. The smallest absolute Gasteiger partial charge is 0.315 e. The summed E-state index contributed by atoms with van der Waals surface area (Å²) in [6.07, 6.45) is -2.74. The number of benzene rings is 2. The molecule has 2 heterocycles. The van der Waals surface area contributed by atoms with Crippen molar-refractivity contribution in [3.63, 3.8) is 0 Å². The van der Waals surface area contributed by atoms with Crippen LogP contribution in [0.2, 0.25) is 0 Å². The molecule has 8 heteroatoms. The summed E-state index contributed by atoms with van der Waals surface area (Å²) in [7, 11) is 0. The summed E-state index contributed by atoms with van der Waals surface area (Å²) in [5.41, 5.74) is 1.48. The molecule has 1 aliphatic heterocycles. The molecule has 1 saturated heterocycles. The molecule has 1 aromatic heterocycles. The summed E-state index contributed by atoms with van der Waals surface area (Å²) in [6.45, 7) is 0.581. The fraction of sp³-hybridized carbons (Fsp3) is 0.238. The van der Waals surface area contributed by atoms with E-state index in [2.05, 4.69) is 5.32 Å². The van der Waals surface area contributed by atoms with Gasteiger partial charge >= 0.3 is 12.2 Å². The Hall–Kier alpha value is -2.87. The van der Waals surface area contributed by atoms with Gasteiger partial charge in [-0.25, -0.2) is 9.78 Å². The SMILES string of the molecule is O=C(Nc1ccc(C(F)(F)F)cc1)N1CCC[C@H]1c1nc(-c2ccccc2)cs1. The first-order valence-corrected chi connectivity index (χ1v) is 10.1. The van der Waals surface area contributed by atoms with Gasteiger partial charge in [0.2, 0.25) is 0 Å². The number of carbonyl (C=O) groups excluding carboxylic acids is 1. The highest BCUT2D eigenvalue weighted by molar-refractivity contribution is 7.10. The Labute approximate surface area is 170 Å². The Morgan fingerprint density at radius 1 is 1.10 bits per heavy atom. The lowest BCUT2D eigenvalue weighted by Gasteiger charge is -2.23. The third-order valence-electron chi connectivity index (χ3n) is 4.85. The van der Waals surface area contributed by atoms with Crippen LogP contribution in [0.4, 0.5) is 23.7 Å². The van der Waals surface area contributed by atoms with Gasteiger partial charge in [0.05, 0.1) is 17.3 Å². The summed E-state index contributed by atoms with van der Waals surface area (Å²) < 4.78 is 38.1. The van der Waals surface area contributed by atoms with Crippen molar-refractivity contribution in [2.45, 2.75) is 25.1 Å². The third kappa shape index (κ3) is 4.27. The fourth-order valence-electron chi connectivity index (χ4n) is 3.39. The molecule has 150 valence electrons. The van der Waals surface area contributed by atoms with Gasteiger partial charge in [-0.15, -0.1) is 11.3 Å². The van der Waals surface area contributed by atoms with E-state index in [0.717, 1.165) is 41.2 Å². The lowest BCUT2D eigenvalue weighted by molar-refractivity contribution is -0.137. The van der Waals surface area contributed by atoms with Crippen molar-refractivity contribution in [1.29, 1.82) is 0 Å². The van der Waals surface area contributed by atoms with E-state index < -0.39 is 11.7 Å². The molecule has 4 rings (SSSR count). The number of aromatic nitrogens is 1. The van der Waals surface area contributed by atoms with Gasteiger partial charge in [0.15, 0.2) is 0 Å². The van der Waals surface area contributed by atoms with Crippen molar-refractivity contribution in [2.24, 2.45) is 0 Å². The summed E-state index contributed by atoms with van der Waals surface area (Å²) >= 11 is 1.52. The molecule has 1 aliphatic rings. The molecule has 4 nitrogen and oxygen atoms in total. The maximum atomic E-state index is 12.7. The number of halogens is 3. The van der Waals surface area contributed by atoms with E-state index in [0.29, 0.717) is 12.2 Å². The predicted molar refractivity (Wildman–Crippen MR) is 107 cm³/mol. The zero-order chi connectivity index (χ0) is 20.4. The first-order valence-electron chi connectivity index (χ1n) is 9.17. The van der Waals surface area contributed by atoms with Gasteiger partial charge < -0.3 is 10.2 Å². The summed E-state index contributed by atoms with van der Waals surface area (Å²) in [5, 5.41) is 5.54. The highest BCUT2D eigenvalue weighted by atomic mass is 32.1. The molecule has 0 bridgehead atoms. The van der Waals surface area contributed by atoms with Gasteiger partial charge in [0.1, 0.15) is 5.01 Å². The van der Waals surface area contributed by atoms with Crippen molar-refractivity contribution in [2.75, 3.05) is 11.9 Å². The van der Waals surface area contributed by atoms with E-state index >= 15 is 0 Å². The van der Waals surface area contributed by atoms with Gasteiger partial charge in [-0.3, -0.25) is 0 Å². The van der Waals surface area contributed by atoms with Crippen molar-refractivity contribution in [3.05, 3.63) is 70.5 Å². The first kappa shape index (κ1) is 19.4. The monoisotopic (exact) mass is 417 g/mol. The van der Waals surface area contributed by atoms with E-state index in [1.54, 1.807) is 4.90 Å². The zero-order valence-corrected chi connectivity index (χ0v) is 16.1. The molecule has 0 spiro atoms. The van der Waals surface area contributed by atoms with Crippen LogP contribution >= 0.6 is 11.3 Å². The minimum Gasteiger partial charge on any atom is -0.315 e. The molecular weight excluding hydrogens is 399 g/mol. The number of rotatable bonds is 3. The molecule has 2 aromatic carbocycles. The highest BCUT2D eigenvalue weighted by Crippen LogP contribution is 2.36. The van der Waals surface area contributed by atoms with Crippen molar-refractivity contribution < 1.29 is 18.0 Å². The first-order chi connectivity index (χ1) is 13.9. The Bertz CT molecular complexity index is 986. The standard InChI is InChI=1S/C21H18F3N3OS/c22-21(23,24)15-8-10-16(11-9-15)25-20(28)27-12-4-7-18(27)19-26-17(13-29-19)14-5-2-1-3-6-14/h1-3,5-6,8-11,13,18H,4,7,12H2,(H,25,28)/t18-/m0/s1. The largest absolute Gasteiger partial charge is 0.416 e. The van der Waals surface area contributed by atoms with Gasteiger partial charge in [-0.2, -0.15) is 13.2 Å². The van der Waals surface area contributed by atoms with E-state index in [1.807, 2.05) is 35.7 Å². The number of likely N-dealkylation sites (tertiary alicyclic amines) is 1. The minimum atomic E-state index is -4.40. The summed E-state index contributed by atoms with van der Waals surface area (Å²) in [4.78, 5) is 19.1. The number of carbonyl (C=O) groups is 1. The fourth-order valence-corrected chi connectivity index (χ4v) is 4.36. The number of amides is 2. The molecule has 1 atom stereocenters. The Morgan fingerprint density at radius 2 is 1.83 bits per heavy atom. The maximum Gasteiger partial charge on any atom is 0.416 e. The average molecular weight is 417 g/mol. The number of thiazole rings is 1. The molecule has 0 radical (unpaired) electrons. The van der Waals surface area contributed by atoms with Crippen LogP contribution in [0.1, 0.15) is 29.5 Å². The normalized spacial score (nSPS) is 16.8. The third-order valence-corrected chi connectivity index (χ3v) is 5.80. The Morgan fingerprint density at radius 3 is 2.52 bits per heavy atom. The number of anilines is 1. The summed E-state index contributed by atoms with van der Waals surface area (Å²) in [5.74, 6) is 0. The van der Waals surface area contributed by atoms with Crippen LogP contribution < -0.4 is 5.32 Å². The second-order valence-electron chi connectivity index (χ2n) is 6.79. The quantitative estimate of drug-likeness (QED) is 0.552. The van der Waals surface area contributed by atoms with E-state index in [-0.39, 0.29) is 12.1 Å². The van der Waals surface area contributed by atoms with Crippen LogP contribution in [0.25, 0.3) is 11.3 Å². The number of nitrogens with one attached hydrogen (secondary N) is 1. The molecule has 0 unspecified atom stereocenters. The lowest BCUT2D eigenvalue weighted by atomic mass is 10.2. The average Bonchev–Trinajstić information content (AvgIpc) is 3.38. The molecule has 0 saturated carbocycles. The molecule has 0 aliphatic carbocycles. The number of urea groups is 1. The molecule has 29 heavy (non-hydrogen) atoms. The zero-order valence-electron chi connectivity index (χ0n) is 15.3. The number of nitrogens with zero attached hydrogens (tertiary/aromatic N) is 2. The van der Waals surface area contributed by atoms with Gasteiger partial charge in [0, 0.05) is 23.2 Å². The van der Waals surface area contributed by atoms with E-state index in [1.165, 1.54) is 23.5 Å². The van der Waals surface area contributed by atoms with Crippen LogP contribution in [0.5, 0.6) is 0 Å². The van der Waals surface area contributed by atoms with Crippen LogP contribution in [-0.2, 0) is 6.18 Å². The Balaban J connectivity index is 1.47. The summed E-state index contributed by atoms with van der Waals surface area (Å²) in [6, 6.07) is 13.8. The van der Waals surface area contributed by atoms with Crippen molar-refractivity contribution >= 4 is 23.1 Å². The number of hydrogen-bond donors (Lipinski definition) is 1. The topological polar surface area (TPSA) is 45.2 Å². The van der Waals surface area contributed by atoms with Crippen LogP contribution in [-0.4, -0.2) is 22.5 Å². The molecule has 2 amide bonds. The van der Waals surface area contributed by atoms with Crippen LogP contribution in [0.15, 0.2) is 60.0 Å². The lowest BCUT2D eigenvalue weighted by Crippen LogP contribution is -2.34. The molecule has 1 fully saturated rings. The van der Waals surface area contributed by atoms with Crippen molar-refractivity contribution in [3.8, 4) is 11.3 Å². The predicted octanol–water partition coefficient (Wildman–Crippen LogP) is 6.20. The van der Waals surface area contributed by atoms with Crippen LogP contribution in [0.3, 0.4) is 0 Å². The van der Waals surface area contributed by atoms with Gasteiger partial charge in [-0.1, -0.05) is 30.3 Å². The van der Waals surface area contributed by atoms with Gasteiger partial charge in [-0.05, 0) is 37.1 Å². The second kappa shape index (κ2) is 7.87. The van der Waals surface area contributed by atoms with E-state index in [9.17, 15) is 18.0 Å². The minimum absolute atomic E-state index is 0.132. The molecule has 3 aromatic rings. The molecule has 1 N–H and O–H groups in total.